The van der Waals surface area contributed by atoms with Gasteiger partial charge in [0.25, 0.3) is 5.91 Å². The number of amides is 1. The Morgan fingerprint density at radius 1 is 1.28 bits per heavy atom. The van der Waals surface area contributed by atoms with Crippen LogP contribution in [0.5, 0.6) is 5.75 Å². The molecule has 1 fully saturated rings. The van der Waals surface area contributed by atoms with Gasteiger partial charge in [0.05, 0.1) is 40.6 Å². The third-order valence-corrected chi connectivity index (χ3v) is 6.75. The molecule has 184 valence electrons. The second-order valence-corrected chi connectivity index (χ2v) is 9.38. The molecule has 10 heteroatoms. The monoisotopic (exact) mass is 488 g/mol. The van der Waals surface area contributed by atoms with Crippen molar-refractivity contribution in [2.45, 2.75) is 44.8 Å². The normalized spacial score (nSPS) is 17.5. The van der Waals surface area contributed by atoms with Gasteiger partial charge in [0.2, 0.25) is 0 Å². The van der Waals surface area contributed by atoms with Crippen molar-refractivity contribution in [2.75, 3.05) is 11.9 Å². The van der Waals surface area contributed by atoms with E-state index in [4.69, 9.17) is 4.74 Å². The number of carbonyl (C=O) groups is 1. The molecule has 2 aromatic heterocycles. The Morgan fingerprint density at radius 3 is 2.89 bits per heavy atom. The van der Waals surface area contributed by atoms with Crippen LogP contribution in [-0.4, -0.2) is 48.0 Å². The number of imidazole rings is 1. The third kappa shape index (κ3) is 3.83. The average molecular weight is 489 g/mol. The minimum absolute atomic E-state index is 0.0893. The van der Waals surface area contributed by atoms with E-state index < -0.39 is 23.9 Å². The van der Waals surface area contributed by atoms with Gasteiger partial charge in [-0.05, 0) is 56.5 Å². The first kappa shape index (κ1) is 22.4. The van der Waals surface area contributed by atoms with E-state index in [0.717, 1.165) is 18.5 Å². The average Bonchev–Trinajstić information content (AvgIpc) is 3.43. The van der Waals surface area contributed by atoms with E-state index in [1.165, 1.54) is 12.4 Å². The van der Waals surface area contributed by atoms with E-state index in [1.54, 1.807) is 49.1 Å². The molecule has 0 saturated heterocycles. The van der Waals surface area contributed by atoms with Gasteiger partial charge >= 0.3 is 0 Å². The fourth-order valence-electron chi connectivity index (χ4n) is 4.60. The predicted molar refractivity (Wildman–Crippen MR) is 130 cm³/mol. The molecule has 2 aliphatic rings. The van der Waals surface area contributed by atoms with Crippen molar-refractivity contribution < 1.29 is 19.0 Å². The van der Waals surface area contributed by atoms with Gasteiger partial charge in [-0.1, -0.05) is 6.07 Å². The number of aromatic nitrogens is 5. The number of nitrogens with one attached hydrogen (secondary N) is 1. The summed E-state index contributed by atoms with van der Waals surface area (Å²) in [5.41, 5.74) is 3.30. The summed E-state index contributed by atoms with van der Waals surface area (Å²) >= 11 is 0. The number of benzene rings is 2. The molecule has 1 saturated carbocycles. The minimum Gasteiger partial charge on any atom is -0.488 e. The second-order valence-electron chi connectivity index (χ2n) is 9.38. The molecule has 0 radical (unpaired) electrons. The Kier molecular flexibility index (Phi) is 5.33. The van der Waals surface area contributed by atoms with Crippen molar-refractivity contribution in [1.29, 1.82) is 0 Å². The van der Waals surface area contributed by atoms with Crippen LogP contribution in [0.1, 0.15) is 53.3 Å². The molecule has 3 heterocycles. The standard InChI is InChI=1S/C26H25FN6O3/c1-14-8-19(27)18(9-22(14)32-10-21(29-13-32)16-6-7-16)26(35)31-20-5-3-4-17-24(20)36-11-23(15(2)34)33-25(17)28-12-30-33/h3-5,8-10,12-13,15-16,23,34H,6-7,11H2,1-2H3,(H,31,35)/t15-,23-/m0/s1. The van der Waals surface area contributed by atoms with E-state index in [0.29, 0.717) is 40.0 Å². The highest BCUT2D eigenvalue weighted by Crippen LogP contribution is 2.40. The van der Waals surface area contributed by atoms with E-state index in [-0.39, 0.29) is 12.2 Å². The van der Waals surface area contributed by atoms with Crippen LogP contribution in [-0.2, 0) is 0 Å². The van der Waals surface area contributed by atoms with Crippen LogP contribution in [0.3, 0.4) is 0 Å². The zero-order valence-electron chi connectivity index (χ0n) is 19.8. The van der Waals surface area contributed by atoms with Crippen LogP contribution in [0.15, 0.2) is 49.2 Å². The van der Waals surface area contributed by atoms with Gasteiger partial charge in [-0.15, -0.1) is 0 Å². The number of halogens is 1. The molecular formula is C26H25FN6O3. The van der Waals surface area contributed by atoms with Crippen molar-refractivity contribution >= 4 is 11.6 Å². The van der Waals surface area contributed by atoms with E-state index in [9.17, 15) is 14.3 Å². The lowest BCUT2D eigenvalue weighted by molar-refractivity contribution is 0.0912. The zero-order chi connectivity index (χ0) is 25.0. The van der Waals surface area contributed by atoms with Crippen molar-refractivity contribution in [3.63, 3.8) is 0 Å². The smallest absolute Gasteiger partial charge is 0.258 e. The Labute approximate surface area is 206 Å². The predicted octanol–water partition coefficient (Wildman–Crippen LogP) is 4.02. The fraction of sp³-hybridized carbons (Fsp3) is 0.308. The van der Waals surface area contributed by atoms with Crippen LogP contribution >= 0.6 is 0 Å². The number of rotatable bonds is 5. The van der Waals surface area contributed by atoms with Crippen LogP contribution in [0.4, 0.5) is 10.1 Å². The SMILES string of the molecule is Cc1cc(F)c(C(=O)Nc2cccc3c2OC[C@@H]([C@H](C)O)n2ncnc2-3)cc1-n1cnc(C2CC2)c1. The molecule has 0 bridgehead atoms. The number of aryl methyl sites for hydroxylation is 1. The maximum Gasteiger partial charge on any atom is 0.258 e. The molecule has 4 aromatic rings. The molecule has 1 aliphatic carbocycles. The topological polar surface area (TPSA) is 107 Å². The van der Waals surface area contributed by atoms with Gasteiger partial charge in [0.1, 0.15) is 24.8 Å². The summed E-state index contributed by atoms with van der Waals surface area (Å²) in [6.07, 6.45) is 6.59. The highest BCUT2D eigenvalue weighted by atomic mass is 19.1. The summed E-state index contributed by atoms with van der Waals surface area (Å²) in [6.45, 7) is 3.58. The van der Waals surface area contributed by atoms with Crippen LogP contribution in [0, 0.1) is 12.7 Å². The van der Waals surface area contributed by atoms with Crippen molar-refractivity contribution in [3.8, 4) is 22.8 Å². The van der Waals surface area contributed by atoms with Gasteiger partial charge in [-0.2, -0.15) is 5.10 Å². The Bertz CT molecular complexity index is 1470. The Morgan fingerprint density at radius 2 is 2.11 bits per heavy atom. The number of aliphatic hydroxyl groups is 1. The van der Waals surface area contributed by atoms with Crippen molar-refractivity contribution in [2.24, 2.45) is 0 Å². The highest BCUT2D eigenvalue weighted by molar-refractivity contribution is 6.06. The molecule has 2 aromatic carbocycles. The summed E-state index contributed by atoms with van der Waals surface area (Å²) in [7, 11) is 0. The van der Waals surface area contributed by atoms with Crippen molar-refractivity contribution in [1.82, 2.24) is 24.3 Å². The minimum atomic E-state index is -0.735. The number of hydrogen-bond acceptors (Lipinski definition) is 6. The number of hydrogen-bond donors (Lipinski definition) is 2. The maximum atomic E-state index is 15.0. The summed E-state index contributed by atoms with van der Waals surface area (Å²) < 4.78 is 24.5. The van der Waals surface area contributed by atoms with Gasteiger partial charge in [-0.25, -0.2) is 19.0 Å². The van der Waals surface area contributed by atoms with E-state index in [2.05, 4.69) is 20.4 Å². The van der Waals surface area contributed by atoms with Crippen LogP contribution < -0.4 is 10.1 Å². The maximum absolute atomic E-state index is 15.0. The number of fused-ring (bicyclic) bond motifs is 3. The molecule has 1 amide bonds. The summed E-state index contributed by atoms with van der Waals surface area (Å²) in [4.78, 5) is 22.1. The molecule has 0 unspecified atom stereocenters. The van der Waals surface area contributed by atoms with Gasteiger partial charge in [0.15, 0.2) is 11.6 Å². The van der Waals surface area contributed by atoms with Crippen LogP contribution in [0.25, 0.3) is 17.1 Å². The largest absolute Gasteiger partial charge is 0.488 e. The highest BCUT2D eigenvalue weighted by Gasteiger charge is 2.30. The first-order valence-electron chi connectivity index (χ1n) is 11.9. The number of carbonyl (C=O) groups excluding carboxylic acids is 1. The summed E-state index contributed by atoms with van der Waals surface area (Å²) in [5, 5.41) is 17.3. The molecule has 0 spiro atoms. The number of para-hydroxylation sites is 1. The molecule has 36 heavy (non-hydrogen) atoms. The van der Waals surface area contributed by atoms with Gasteiger partial charge in [0, 0.05) is 12.1 Å². The Balaban J connectivity index is 1.33. The number of anilines is 1. The van der Waals surface area contributed by atoms with Crippen molar-refractivity contribution in [3.05, 3.63) is 71.8 Å². The fourth-order valence-corrected chi connectivity index (χ4v) is 4.60. The first-order valence-corrected chi connectivity index (χ1v) is 11.9. The lowest BCUT2D eigenvalue weighted by Gasteiger charge is -2.19. The summed E-state index contributed by atoms with van der Waals surface area (Å²) in [5.74, 6) is 0.168. The third-order valence-electron chi connectivity index (χ3n) is 6.75. The molecule has 2 N–H and O–H groups in total. The first-order chi connectivity index (χ1) is 17.4. The molecule has 6 rings (SSSR count). The molecular weight excluding hydrogens is 463 g/mol. The van der Waals surface area contributed by atoms with Crippen LogP contribution in [0.2, 0.25) is 0 Å². The lowest BCUT2D eigenvalue weighted by Crippen LogP contribution is -2.27. The number of nitrogens with zero attached hydrogens (tertiary/aromatic N) is 5. The molecule has 1 aliphatic heterocycles. The zero-order valence-corrected chi connectivity index (χ0v) is 19.8. The Hall–Kier alpha value is -4.05. The number of ether oxygens (including phenoxy) is 1. The lowest BCUT2D eigenvalue weighted by atomic mass is 10.1. The quantitative estimate of drug-likeness (QED) is 0.439. The number of aliphatic hydroxyl groups excluding tert-OH is 1. The molecule has 2 atom stereocenters. The molecule has 9 nitrogen and oxygen atoms in total. The van der Waals surface area contributed by atoms with Gasteiger partial charge in [-0.3, -0.25) is 4.79 Å². The van der Waals surface area contributed by atoms with E-state index >= 15 is 0 Å². The van der Waals surface area contributed by atoms with Gasteiger partial charge < -0.3 is 19.7 Å². The van der Waals surface area contributed by atoms with E-state index in [1.807, 2.05) is 10.8 Å². The second kappa shape index (κ2) is 8.56. The summed E-state index contributed by atoms with van der Waals surface area (Å²) in [6, 6.07) is 7.69.